The van der Waals surface area contributed by atoms with E-state index >= 15 is 0 Å². The summed E-state index contributed by atoms with van der Waals surface area (Å²) in [6.07, 6.45) is 6.73. The molecular weight excluding hydrogens is 224 g/mol. The molecule has 2 N–H and O–H groups in total. The van der Waals surface area contributed by atoms with E-state index in [1.165, 1.54) is 12.8 Å². The zero-order valence-electron chi connectivity index (χ0n) is 10.1. The van der Waals surface area contributed by atoms with Crippen LogP contribution in [0.25, 0.3) is 0 Å². The molecule has 2 rings (SSSR count). The second-order valence-electron chi connectivity index (χ2n) is 5.00. The summed E-state index contributed by atoms with van der Waals surface area (Å²) in [5, 5.41) is 6.50. The molecule has 1 atom stereocenters. The molecule has 0 aromatic heterocycles. The topological polar surface area (TPSA) is 41.1 Å². The van der Waals surface area contributed by atoms with Gasteiger partial charge in [0.25, 0.3) is 0 Å². The minimum atomic E-state index is -0.0252. The maximum absolute atomic E-state index is 12.2. The molecule has 94 valence electrons. The molecule has 1 aliphatic carbocycles. The van der Waals surface area contributed by atoms with E-state index in [-0.39, 0.29) is 17.8 Å². The highest BCUT2D eigenvalue weighted by atomic mass is 35.5. The van der Waals surface area contributed by atoms with Crippen LogP contribution in [0.5, 0.6) is 0 Å². The smallest absolute Gasteiger partial charge is 0.226 e. The molecule has 1 unspecified atom stereocenters. The largest absolute Gasteiger partial charge is 0.352 e. The summed E-state index contributed by atoms with van der Waals surface area (Å²) in [5.74, 6) is 0.316. The molecule has 2 fully saturated rings. The van der Waals surface area contributed by atoms with Gasteiger partial charge in [-0.3, -0.25) is 4.79 Å². The highest BCUT2D eigenvalue weighted by Gasteiger charge is 2.40. The Hall–Kier alpha value is -0.280. The minimum absolute atomic E-state index is 0. The number of hydrogen-bond acceptors (Lipinski definition) is 2. The van der Waals surface area contributed by atoms with E-state index < -0.39 is 0 Å². The molecule has 4 heteroatoms. The lowest BCUT2D eigenvalue weighted by atomic mass is 9.82. The predicted molar refractivity (Wildman–Crippen MR) is 67.9 cm³/mol. The summed E-state index contributed by atoms with van der Waals surface area (Å²) in [5.41, 5.74) is -0.0252. The summed E-state index contributed by atoms with van der Waals surface area (Å²) in [6, 6.07) is 0.376. The average molecular weight is 247 g/mol. The highest BCUT2D eigenvalue weighted by Crippen LogP contribution is 2.41. The van der Waals surface area contributed by atoms with Gasteiger partial charge in [-0.2, -0.15) is 0 Å². The van der Waals surface area contributed by atoms with Crippen molar-refractivity contribution in [3.05, 3.63) is 0 Å². The first-order valence-electron chi connectivity index (χ1n) is 6.28. The van der Waals surface area contributed by atoms with E-state index in [4.69, 9.17) is 0 Å². The van der Waals surface area contributed by atoms with Crippen LogP contribution in [0.4, 0.5) is 0 Å². The van der Waals surface area contributed by atoms with Gasteiger partial charge >= 0.3 is 0 Å². The monoisotopic (exact) mass is 246 g/mol. The first-order chi connectivity index (χ1) is 7.27. The average Bonchev–Trinajstić information content (AvgIpc) is 2.87. The molecule has 1 saturated carbocycles. The number of amides is 1. The number of carbonyl (C=O) groups is 1. The molecule has 0 aromatic rings. The fourth-order valence-electron chi connectivity index (χ4n) is 2.91. The van der Waals surface area contributed by atoms with Crippen LogP contribution < -0.4 is 10.6 Å². The molecule has 0 radical (unpaired) electrons. The Kier molecular flexibility index (Phi) is 5.06. The standard InChI is InChI=1S/C12H22N2O.ClH/c1-2-12(6-3-4-7-12)11(15)14-10-5-8-13-9-10;/h10,13H,2-9H2,1H3,(H,14,15);1H. The summed E-state index contributed by atoms with van der Waals surface area (Å²) < 4.78 is 0. The molecule has 0 aromatic carbocycles. The first kappa shape index (κ1) is 13.8. The van der Waals surface area contributed by atoms with Crippen LogP contribution >= 0.6 is 12.4 Å². The maximum atomic E-state index is 12.2. The van der Waals surface area contributed by atoms with E-state index in [0.29, 0.717) is 11.9 Å². The molecule has 1 aliphatic heterocycles. The summed E-state index contributed by atoms with van der Waals surface area (Å²) >= 11 is 0. The zero-order valence-corrected chi connectivity index (χ0v) is 10.9. The van der Waals surface area contributed by atoms with Gasteiger partial charge in [0.1, 0.15) is 0 Å². The quantitative estimate of drug-likeness (QED) is 0.798. The lowest BCUT2D eigenvalue weighted by Crippen LogP contribution is -2.45. The van der Waals surface area contributed by atoms with Crippen molar-refractivity contribution < 1.29 is 4.79 Å². The van der Waals surface area contributed by atoms with Crippen LogP contribution in [0.3, 0.4) is 0 Å². The molecular formula is C12H23ClN2O. The Bertz CT molecular complexity index is 233. The van der Waals surface area contributed by atoms with E-state index in [1.807, 2.05) is 0 Å². The normalized spacial score (nSPS) is 27.4. The first-order valence-corrected chi connectivity index (χ1v) is 6.28. The molecule has 1 amide bonds. The Labute approximate surface area is 104 Å². The summed E-state index contributed by atoms with van der Waals surface area (Å²) in [7, 11) is 0. The van der Waals surface area contributed by atoms with Crippen molar-refractivity contribution in [2.24, 2.45) is 5.41 Å². The van der Waals surface area contributed by atoms with Crippen molar-refractivity contribution in [3.8, 4) is 0 Å². The van der Waals surface area contributed by atoms with Gasteiger partial charge in [0, 0.05) is 18.0 Å². The van der Waals surface area contributed by atoms with Crippen molar-refractivity contribution >= 4 is 18.3 Å². The lowest BCUT2D eigenvalue weighted by Gasteiger charge is -2.27. The third-order valence-corrected chi connectivity index (χ3v) is 4.11. The highest BCUT2D eigenvalue weighted by molar-refractivity contribution is 5.85. The minimum Gasteiger partial charge on any atom is -0.352 e. The number of carbonyl (C=O) groups excluding carboxylic acids is 1. The fourth-order valence-corrected chi connectivity index (χ4v) is 2.91. The lowest BCUT2D eigenvalue weighted by molar-refractivity contribution is -0.131. The van der Waals surface area contributed by atoms with Gasteiger partial charge in [-0.05, 0) is 32.2 Å². The van der Waals surface area contributed by atoms with Crippen molar-refractivity contribution in [1.29, 1.82) is 0 Å². The number of hydrogen-bond donors (Lipinski definition) is 2. The maximum Gasteiger partial charge on any atom is 0.226 e. The van der Waals surface area contributed by atoms with E-state index in [0.717, 1.165) is 38.8 Å². The van der Waals surface area contributed by atoms with E-state index in [2.05, 4.69) is 17.6 Å². The SMILES string of the molecule is CCC1(C(=O)NC2CCNC2)CCCC1.Cl. The molecule has 0 spiro atoms. The van der Waals surface area contributed by atoms with E-state index in [1.54, 1.807) is 0 Å². The second-order valence-corrected chi connectivity index (χ2v) is 5.00. The van der Waals surface area contributed by atoms with Crippen LogP contribution in [-0.4, -0.2) is 25.0 Å². The van der Waals surface area contributed by atoms with Gasteiger partial charge in [-0.25, -0.2) is 0 Å². The van der Waals surface area contributed by atoms with Gasteiger partial charge in [0.05, 0.1) is 0 Å². The Morgan fingerprint density at radius 3 is 2.62 bits per heavy atom. The third-order valence-electron chi connectivity index (χ3n) is 4.11. The number of halogens is 1. The summed E-state index contributed by atoms with van der Waals surface area (Å²) in [4.78, 5) is 12.2. The fraction of sp³-hybridized carbons (Fsp3) is 0.917. The van der Waals surface area contributed by atoms with Gasteiger partial charge in [-0.1, -0.05) is 19.8 Å². The van der Waals surface area contributed by atoms with Gasteiger partial charge in [-0.15, -0.1) is 12.4 Å². The van der Waals surface area contributed by atoms with Crippen LogP contribution in [0.1, 0.15) is 45.4 Å². The number of nitrogens with one attached hydrogen (secondary N) is 2. The van der Waals surface area contributed by atoms with Crippen LogP contribution in [-0.2, 0) is 4.79 Å². The van der Waals surface area contributed by atoms with Gasteiger partial charge < -0.3 is 10.6 Å². The van der Waals surface area contributed by atoms with Gasteiger partial charge in [0.2, 0.25) is 5.91 Å². The Morgan fingerprint density at radius 2 is 2.12 bits per heavy atom. The van der Waals surface area contributed by atoms with Crippen molar-refractivity contribution in [2.45, 2.75) is 51.5 Å². The van der Waals surface area contributed by atoms with E-state index in [9.17, 15) is 4.79 Å². The predicted octanol–water partition coefficient (Wildman–Crippen LogP) is 1.86. The molecule has 3 nitrogen and oxygen atoms in total. The van der Waals surface area contributed by atoms with Crippen molar-refractivity contribution in [3.63, 3.8) is 0 Å². The third kappa shape index (κ3) is 2.69. The molecule has 0 bridgehead atoms. The van der Waals surface area contributed by atoms with Crippen LogP contribution in [0.15, 0.2) is 0 Å². The molecule has 2 aliphatic rings. The Balaban J connectivity index is 0.00000128. The van der Waals surface area contributed by atoms with Crippen molar-refractivity contribution in [1.82, 2.24) is 10.6 Å². The number of rotatable bonds is 3. The second kappa shape index (κ2) is 5.87. The zero-order chi connectivity index (χ0) is 10.7. The molecule has 1 heterocycles. The Morgan fingerprint density at radius 1 is 1.44 bits per heavy atom. The summed E-state index contributed by atoms with van der Waals surface area (Å²) in [6.45, 7) is 4.15. The van der Waals surface area contributed by atoms with Crippen molar-refractivity contribution in [2.75, 3.05) is 13.1 Å². The molecule has 1 saturated heterocycles. The molecule has 16 heavy (non-hydrogen) atoms. The van der Waals surface area contributed by atoms with Crippen LogP contribution in [0.2, 0.25) is 0 Å². The van der Waals surface area contributed by atoms with Gasteiger partial charge in [0.15, 0.2) is 0 Å². The van der Waals surface area contributed by atoms with Crippen LogP contribution in [0, 0.1) is 5.41 Å².